The van der Waals surface area contributed by atoms with Crippen LogP contribution < -0.4 is 10.6 Å². The van der Waals surface area contributed by atoms with Gasteiger partial charge in [-0.15, -0.1) is 0 Å². The summed E-state index contributed by atoms with van der Waals surface area (Å²) in [5.74, 6) is 6.61. The summed E-state index contributed by atoms with van der Waals surface area (Å²) < 4.78 is 0. The van der Waals surface area contributed by atoms with Gasteiger partial charge in [-0.1, -0.05) is 25.7 Å². The Morgan fingerprint density at radius 3 is 2.59 bits per heavy atom. The van der Waals surface area contributed by atoms with Crippen LogP contribution in [0.4, 0.5) is 5.95 Å². The Kier molecular flexibility index (Phi) is 4.95. The van der Waals surface area contributed by atoms with Crippen molar-refractivity contribution in [3.05, 3.63) is 18.0 Å². The fourth-order valence-corrected chi connectivity index (χ4v) is 1.06. The minimum atomic E-state index is -0.198. The molecule has 0 atom stereocenters. The summed E-state index contributed by atoms with van der Waals surface area (Å²) in [6, 6.07) is 0. The molecule has 0 radical (unpaired) electrons. The number of carbonyl (C=O) groups is 1. The summed E-state index contributed by atoms with van der Waals surface area (Å²) in [4.78, 5) is 19.3. The Hall–Kier alpha value is -2.09. The van der Waals surface area contributed by atoms with E-state index in [0.29, 0.717) is 24.0 Å². The summed E-state index contributed by atoms with van der Waals surface area (Å²) >= 11 is 0. The van der Waals surface area contributed by atoms with E-state index >= 15 is 0 Å². The summed E-state index contributed by atoms with van der Waals surface area (Å²) in [6.45, 7) is 4.56. The van der Waals surface area contributed by atoms with Gasteiger partial charge >= 0.3 is 0 Å². The van der Waals surface area contributed by atoms with Crippen molar-refractivity contribution in [1.82, 2.24) is 15.3 Å². The molecule has 1 rings (SSSR count). The predicted molar refractivity (Wildman–Crippen MR) is 66.5 cm³/mol. The highest BCUT2D eigenvalue weighted by molar-refractivity contribution is 5.93. The highest BCUT2D eigenvalue weighted by Crippen LogP contribution is 1.99. The number of nitrogens with one attached hydrogen (secondary N) is 2. The van der Waals surface area contributed by atoms with Gasteiger partial charge in [0.25, 0.3) is 5.91 Å². The minimum absolute atomic E-state index is 0.198. The molecule has 0 aromatic carbocycles. The van der Waals surface area contributed by atoms with E-state index in [1.54, 1.807) is 7.05 Å². The molecule has 90 valence electrons. The summed E-state index contributed by atoms with van der Waals surface area (Å²) in [6.07, 6.45) is 2.95. The molecule has 0 spiro atoms. The third-order valence-electron chi connectivity index (χ3n) is 1.87. The van der Waals surface area contributed by atoms with Gasteiger partial charge in [-0.05, 0) is 0 Å². The van der Waals surface area contributed by atoms with E-state index in [1.807, 2.05) is 13.8 Å². The lowest BCUT2D eigenvalue weighted by molar-refractivity contribution is 0.0962. The molecular formula is C12H16N4O. The maximum atomic E-state index is 11.2. The second-order valence-corrected chi connectivity index (χ2v) is 3.70. The lowest BCUT2D eigenvalue weighted by Gasteiger charge is -2.01. The van der Waals surface area contributed by atoms with Crippen molar-refractivity contribution in [2.75, 3.05) is 18.9 Å². The molecule has 1 amide bonds. The standard InChI is InChI=1S/C12H16N4O/c1-9(2)5-4-6-14-12-15-7-10(8-16-12)11(17)13-3/h7-9H,6H2,1-3H3,(H,13,17)(H,14,15,16). The molecule has 0 unspecified atom stereocenters. The molecule has 2 N–H and O–H groups in total. The second kappa shape index (κ2) is 6.48. The first kappa shape index (κ1) is 13.0. The van der Waals surface area contributed by atoms with Crippen molar-refractivity contribution in [2.24, 2.45) is 5.92 Å². The Morgan fingerprint density at radius 1 is 1.41 bits per heavy atom. The fraction of sp³-hybridized carbons (Fsp3) is 0.417. The number of anilines is 1. The first-order valence-corrected chi connectivity index (χ1v) is 5.40. The zero-order valence-electron chi connectivity index (χ0n) is 10.2. The second-order valence-electron chi connectivity index (χ2n) is 3.70. The van der Waals surface area contributed by atoms with E-state index < -0.39 is 0 Å². The number of hydrogen-bond acceptors (Lipinski definition) is 4. The fourth-order valence-electron chi connectivity index (χ4n) is 1.06. The first-order chi connectivity index (χ1) is 8.13. The molecule has 5 nitrogen and oxygen atoms in total. The molecule has 0 saturated carbocycles. The van der Waals surface area contributed by atoms with Crippen LogP contribution in [0.1, 0.15) is 24.2 Å². The van der Waals surface area contributed by atoms with Gasteiger partial charge in [0, 0.05) is 25.4 Å². The smallest absolute Gasteiger partial charge is 0.254 e. The van der Waals surface area contributed by atoms with E-state index in [2.05, 4.69) is 32.4 Å². The molecule has 1 aromatic rings. The van der Waals surface area contributed by atoms with Gasteiger partial charge in [-0.25, -0.2) is 9.97 Å². The predicted octanol–water partition coefficient (Wildman–Crippen LogP) is 0.907. The SMILES string of the molecule is CNC(=O)c1cnc(NCC#CC(C)C)nc1. The van der Waals surface area contributed by atoms with Crippen molar-refractivity contribution in [1.29, 1.82) is 0 Å². The average Bonchev–Trinajstić information content (AvgIpc) is 2.34. The Morgan fingerprint density at radius 2 is 2.06 bits per heavy atom. The van der Waals surface area contributed by atoms with Gasteiger partial charge in [0.1, 0.15) is 0 Å². The normalized spacial score (nSPS) is 9.41. The number of hydrogen-bond donors (Lipinski definition) is 2. The van der Waals surface area contributed by atoms with E-state index in [9.17, 15) is 4.79 Å². The average molecular weight is 232 g/mol. The van der Waals surface area contributed by atoms with Crippen LogP contribution in [0.15, 0.2) is 12.4 Å². The highest BCUT2D eigenvalue weighted by atomic mass is 16.1. The van der Waals surface area contributed by atoms with Crippen LogP contribution in [0.2, 0.25) is 0 Å². The molecule has 0 saturated heterocycles. The number of carbonyl (C=O) groups excluding carboxylic acids is 1. The number of rotatable bonds is 3. The van der Waals surface area contributed by atoms with Crippen LogP contribution in [0.3, 0.4) is 0 Å². The molecule has 1 heterocycles. The maximum Gasteiger partial charge on any atom is 0.254 e. The van der Waals surface area contributed by atoms with Crippen molar-refractivity contribution in [2.45, 2.75) is 13.8 Å². The van der Waals surface area contributed by atoms with Crippen molar-refractivity contribution < 1.29 is 4.79 Å². The lowest BCUT2D eigenvalue weighted by atomic mass is 10.2. The van der Waals surface area contributed by atoms with Crippen LogP contribution in [0.5, 0.6) is 0 Å². The largest absolute Gasteiger partial charge is 0.355 e. The molecule has 5 heteroatoms. The lowest BCUT2D eigenvalue weighted by Crippen LogP contribution is -2.18. The van der Waals surface area contributed by atoms with Gasteiger partial charge in [-0.3, -0.25) is 4.79 Å². The highest BCUT2D eigenvalue weighted by Gasteiger charge is 2.03. The quantitative estimate of drug-likeness (QED) is 0.760. The third kappa shape index (κ3) is 4.51. The van der Waals surface area contributed by atoms with E-state index in [0.717, 1.165) is 0 Å². The summed E-state index contributed by atoms with van der Waals surface area (Å²) in [5, 5.41) is 5.46. The minimum Gasteiger partial charge on any atom is -0.355 e. The Balaban J connectivity index is 2.52. The van der Waals surface area contributed by atoms with Crippen LogP contribution in [-0.4, -0.2) is 29.5 Å². The Labute approximate surface area is 101 Å². The maximum absolute atomic E-state index is 11.2. The van der Waals surface area contributed by atoms with E-state index in [4.69, 9.17) is 0 Å². The van der Waals surface area contributed by atoms with Crippen LogP contribution >= 0.6 is 0 Å². The van der Waals surface area contributed by atoms with Gasteiger partial charge < -0.3 is 10.6 Å². The first-order valence-electron chi connectivity index (χ1n) is 5.40. The van der Waals surface area contributed by atoms with Crippen molar-refractivity contribution in [3.63, 3.8) is 0 Å². The molecule has 0 aliphatic heterocycles. The number of nitrogens with zero attached hydrogens (tertiary/aromatic N) is 2. The van der Waals surface area contributed by atoms with Gasteiger partial charge in [0.15, 0.2) is 0 Å². The topological polar surface area (TPSA) is 66.9 Å². The Bertz CT molecular complexity index is 428. The molecule has 1 aromatic heterocycles. The molecule has 0 fully saturated rings. The number of aromatic nitrogens is 2. The van der Waals surface area contributed by atoms with E-state index in [1.165, 1.54) is 12.4 Å². The number of amides is 1. The van der Waals surface area contributed by atoms with E-state index in [-0.39, 0.29) is 5.91 Å². The van der Waals surface area contributed by atoms with Crippen LogP contribution in [0, 0.1) is 17.8 Å². The summed E-state index contributed by atoms with van der Waals surface area (Å²) in [5.41, 5.74) is 0.436. The third-order valence-corrected chi connectivity index (χ3v) is 1.87. The molecule has 0 aliphatic carbocycles. The molecule has 0 aliphatic rings. The van der Waals surface area contributed by atoms with Crippen LogP contribution in [0.25, 0.3) is 0 Å². The zero-order valence-corrected chi connectivity index (χ0v) is 10.2. The summed E-state index contributed by atoms with van der Waals surface area (Å²) in [7, 11) is 1.57. The van der Waals surface area contributed by atoms with Crippen LogP contribution in [-0.2, 0) is 0 Å². The molecule has 17 heavy (non-hydrogen) atoms. The zero-order chi connectivity index (χ0) is 12.7. The van der Waals surface area contributed by atoms with Crippen molar-refractivity contribution in [3.8, 4) is 11.8 Å². The van der Waals surface area contributed by atoms with Gasteiger partial charge in [0.05, 0.1) is 12.1 Å². The van der Waals surface area contributed by atoms with Gasteiger partial charge in [0.2, 0.25) is 5.95 Å². The molecule has 0 bridgehead atoms. The molecular weight excluding hydrogens is 216 g/mol. The van der Waals surface area contributed by atoms with Crippen molar-refractivity contribution >= 4 is 11.9 Å². The van der Waals surface area contributed by atoms with Gasteiger partial charge in [-0.2, -0.15) is 0 Å². The monoisotopic (exact) mass is 232 g/mol.